The Morgan fingerprint density at radius 1 is 1.35 bits per heavy atom. The Morgan fingerprint density at radius 3 is 2.55 bits per heavy atom. The van der Waals surface area contributed by atoms with Crippen LogP contribution < -0.4 is 5.32 Å². The fourth-order valence-corrected chi connectivity index (χ4v) is 2.54. The number of carbonyl (C=O) groups is 2. The van der Waals surface area contributed by atoms with Gasteiger partial charge in [0.25, 0.3) is 0 Å². The smallest absolute Gasteiger partial charge is 0.227 e. The van der Waals surface area contributed by atoms with Crippen LogP contribution in [0.2, 0.25) is 0 Å². The van der Waals surface area contributed by atoms with Crippen LogP contribution in [0.1, 0.15) is 33.6 Å². The Labute approximate surface area is 122 Å². The largest absolute Gasteiger partial charge is 0.344 e. The summed E-state index contributed by atoms with van der Waals surface area (Å²) < 4.78 is 0. The highest BCUT2D eigenvalue weighted by Crippen LogP contribution is 2.24. The molecule has 116 valence electrons. The molecule has 2 amide bonds. The zero-order valence-electron chi connectivity index (χ0n) is 13.5. The van der Waals surface area contributed by atoms with E-state index in [0.717, 1.165) is 25.9 Å². The first-order valence-electron chi connectivity index (χ1n) is 7.46. The predicted molar refractivity (Wildman–Crippen MR) is 80.3 cm³/mol. The molecular formula is C15H29N3O2. The van der Waals surface area contributed by atoms with Gasteiger partial charge in [0.1, 0.15) is 0 Å². The van der Waals surface area contributed by atoms with Crippen LogP contribution in [-0.4, -0.2) is 61.9 Å². The molecule has 1 heterocycles. The predicted octanol–water partition coefficient (Wildman–Crippen LogP) is 0.949. The lowest BCUT2D eigenvalue weighted by molar-refractivity contribution is -0.144. The molecule has 1 aliphatic heterocycles. The zero-order chi connectivity index (χ0) is 15.3. The number of carbonyl (C=O) groups excluding carboxylic acids is 2. The Kier molecular flexibility index (Phi) is 5.99. The van der Waals surface area contributed by atoms with Crippen molar-refractivity contribution in [3.63, 3.8) is 0 Å². The molecule has 1 N–H and O–H groups in total. The van der Waals surface area contributed by atoms with Crippen molar-refractivity contribution in [1.82, 2.24) is 15.1 Å². The highest BCUT2D eigenvalue weighted by Gasteiger charge is 2.34. The maximum absolute atomic E-state index is 12.4. The summed E-state index contributed by atoms with van der Waals surface area (Å²) in [6, 6.07) is 0. The summed E-state index contributed by atoms with van der Waals surface area (Å²) in [4.78, 5) is 28.3. The van der Waals surface area contributed by atoms with Crippen LogP contribution in [0.25, 0.3) is 0 Å². The van der Waals surface area contributed by atoms with Crippen molar-refractivity contribution in [2.75, 3.05) is 40.3 Å². The third-order valence-corrected chi connectivity index (χ3v) is 3.77. The summed E-state index contributed by atoms with van der Waals surface area (Å²) in [7, 11) is 3.72. The van der Waals surface area contributed by atoms with Gasteiger partial charge in [0.05, 0.1) is 5.92 Å². The maximum Gasteiger partial charge on any atom is 0.227 e. The molecular weight excluding hydrogens is 254 g/mol. The molecule has 20 heavy (non-hydrogen) atoms. The van der Waals surface area contributed by atoms with E-state index in [-0.39, 0.29) is 23.1 Å². The number of rotatable bonds is 4. The molecule has 0 radical (unpaired) electrons. The van der Waals surface area contributed by atoms with Gasteiger partial charge < -0.3 is 15.1 Å². The van der Waals surface area contributed by atoms with Gasteiger partial charge in [-0.15, -0.1) is 0 Å². The van der Waals surface area contributed by atoms with E-state index in [2.05, 4.69) is 5.32 Å². The van der Waals surface area contributed by atoms with Crippen LogP contribution >= 0.6 is 0 Å². The maximum atomic E-state index is 12.4. The minimum atomic E-state index is -0.372. The van der Waals surface area contributed by atoms with Crippen LogP contribution in [-0.2, 0) is 9.59 Å². The van der Waals surface area contributed by atoms with Gasteiger partial charge in [-0.05, 0) is 19.9 Å². The number of likely N-dealkylation sites (N-methyl/N-ethyl adjacent to an activating group) is 2. The first-order chi connectivity index (χ1) is 9.27. The highest BCUT2D eigenvalue weighted by atomic mass is 16.2. The molecule has 0 aromatic carbocycles. The Balaban J connectivity index is 2.60. The standard InChI is InChI=1S/C15H29N3O2/c1-15(2,3)14(20)18-9-6-7-12(11-18)13(19)17(5)10-8-16-4/h12,16H,6-11H2,1-5H3. The topological polar surface area (TPSA) is 52.7 Å². The Bertz CT molecular complexity index is 350. The lowest BCUT2D eigenvalue weighted by Gasteiger charge is -2.37. The number of nitrogens with zero attached hydrogens (tertiary/aromatic N) is 2. The second-order valence-electron chi connectivity index (χ2n) is 6.70. The van der Waals surface area contributed by atoms with Gasteiger partial charge in [-0.1, -0.05) is 20.8 Å². The summed E-state index contributed by atoms with van der Waals surface area (Å²) in [5.74, 6) is 0.261. The number of nitrogens with one attached hydrogen (secondary N) is 1. The van der Waals surface area contributed by atoms with Crippen LogP contribution in [0.15, 0.2) is 0 Å². The monoisotopic (exact) mass is 283 g/mol. The number of hydrogen-bond donors (Lipinski definition) is 1. The Morgan fingerprint density at radius 2 is 2.00 bits per heavy atom. The summed E-state index contributed by atoms with van der Waals surface area (Å²) in [5, 5.41) is 3.04. The summed E-state index contributed by atoms with van der Waals surface area (Å²) in [6.45, 7) is 8.64. The molecule has 1 rings (SSSR count). The van der Waals surface area contributed by atoms with Crippen molar-refractivity contribution >= 4 is 11.8 Å². The summed E-state index contributed by atoms with van der Waals surface area (Å²) >= 11 is 0. The van der Waals surface area contributed by atoms with Crippen LogP contribution in [0, 0.1) is 11.3 Å². The number of amides is 2. The molecule has 5 nitrogen and oxygen atoms in total. The molecule has 1 saturated heterocycles. The molecule has 1 unspecified atom stereocenters. The third kappa shape index (κ3) is 4.47. The van der Waals surface area contributed by atoms with E-state index in [1.54, 1.807) is 4.90 Å². The van der Waals surface area contributed by atoms with E-state index in [9.17, 15) is 9.59 Å². The lowest BCUT2D eigenvalue weighted by atomic mass is 9.90. The molecule has 0 aliphatic carbocycles. The van der Waals surface area contributed by atoms with E-state index < -0.39 is 0 Å². The van der Waals surface area contributed by atoms with Gasteiger partial charge in [-0.2, -0.15) is 0 Å². The fourth-order valence-electron chi connectivity index (χ4n) is 2.54. The van der Waals surface area contributed by atoms with E-state index >= 15 is 0 Å². The zero-order valence-corrected chi connectivity index (χ0v) is 13.5. The molecule has 0 saturated carbocycles. The average molecular weight is 283 g/mol. The van der Waals surface area contributed by atoms with E-state index in [1.807, 2.05) is 39.8 Å². The molecule has 1 atom stereocenters. The molecule has 5 heteroatoms. The highest BCUT2D eigenvalue weighted by molar-refractivity contribution is 5.83. The average Bonchev–Trinajstić information content (AvgIpc) is 2.42. The quantitative estimate of drug-likeness (QED) is 0.836. The van der Waals surface area contributed by atoms with E-state index in [4.69, 9.17) is 0 Å². The van der Waals surface area contributed by atoms with Crippen LogP contribution in [0.3, 0.4) is 0 Å². The number of piperidine rings is 1. The molecule has 0 aromatic heterocycles. The SMILES string of the molecule is CNCCN(C)C(=O)C1CCCN(C(=O)C(C)(C)C)C1. The van der Waals surface area contributed by atoms with E-state index in [1.165, 1.54) is 0 Å². The first-order valence-corrected chi connectivity index (χ1v) is 7.46. The number of likely N-dealkylation sites (tertiary alicyclic amines) is 1. The second kappa shape index (κ2) is 7.07. The normalized spacial score (nSPS) is 19.9. The minimum absolute atomic E-state index is 0.0445. The summed E-state index contributed by atoms with van der Waals surface area (Å²) in [5.41, 5.74) is -0.372. The van der Waals surface area contributed by atoms with Crippen molar-refractivity contribution < 1.29 is 9.59 Å². The molecule has 1 fully saturated rings. The molecule has 0 aromatic rings. The molecule has 0 bridgehead atoms. The Hall–Kier alpha value is -1.10. The lowest BCUT2D eigenvalue weighted by Crippen LogP contribution is -2.49. The summed E-state index contributed by atoms with van der Waals surface area (Å²) in [6.07, 6.45) is 1.80. The van der Waals surface area contributed by atoms with Crippen molar-refractivity contribution in [3.8, 4) is 0 Å². The van der Waals surface area contributed by atoms with E-state index in [0.29, 0.717) is 13.1 Å². The van der Waals surface area contributed by atoms with Gasteiger partial charge in [0, 0.05) is 38.6 Å². The third-order valence-electron chi connectivity index (χ3n) is 3.77. The van der Waals surface area contributed by atoms with Gasteiger partial charge in [0.2, 0.25) is 11.8 Å². The van der Waals surface area contributed by atoms with Crippen LogP contribution in [0.4, 0.5) is 0 Å². The van der Waals surface area contributed by atoms with Gasteiger partial charge in [-0.25, -0.2) is 0 Å². The van der Waals surface area contributed by atoms with Crippen molar-refractivity contribution in [2.24, 2.45) is 11.3 Å². The fraction of sp³-hybridized carbons (Fsp3) is 0.867. The molecule has 0 spiro atoms. The van der Waals surface area contributed by atoms with Gasteiger partial charge in [-0.3, -0.25) is 9.59 Å². The van der Waals surface area contributed by atoms with Crippen molar-refractivity contribution in [2.45, 2.75) is 33.6 Å². The van der Waals surface area contributed by atoms with Gasteiger partial charge in [0.15, 0.2) is 0 Å². The van der Waals surface area contributed by atoms with Gasteiger partial charge >= 0.3 is 0 Å². The first kappa shape index (κ1) is 17.0. The van der Waals surface area contributed by atoms with Crippen LogP contribution in [0.5, 0.6) is 0 Å². The van der Waals surface area contributed by atoms with Crippen molar-refractivity contribution in [1.29, 1.82) is 0 Å². The second-order valence-corrected chi connectivity index (χ2v) is 6.70. The van der Waals surface area contributed by atoms with Crippen molar-refractivity contribution in [3.05, 3.63) is 0 Å². The number of hydrogen-bond acceptors (Lipinski definition) is 3. The molecule has 1 aliphatic rings. The minimum Gasteiger partial charge on any atom is -0.344 e.